The van der Waals surface area contributed by atoms with Crippen molar-refractivity contribution < 1.29 is 4.79 Å². The highest BCUT2D eigenvalue weighted by molar-refractivity contribution is 7.99. The van der Waals surface area contributed by atoms with E-state index in [1.807, 2.05) is 30.5 Å². The van der Waals surface area contributed by atoms with Crippen LogP contribution < -0.4 is 0 Å². The van der Waals surface area contributed by atoms with Crippen molar-refractivity contribution in [1.29, 1.82) is 0 Å². The quantitative estimate of drug-likeness (QED) is 0.837. The normalized spacial score (nSPS) is 16.1. The fourth-order valence-electron chi connectivity index (χ4n) is 1.73. The van der Waals surface area contributed by atoms with E-state index in [2.05, 4.69) is 9.97 Å². The molecular formula is C12H16ClN3OS. The zero-order valence-electron chi connectivity index (χ0n) is 10.5. The molecule has 6 heteroatoms. The van der Waals surface area contributed by atoms with Crippen molar-refractivity contribution >= 4 is 29.3 Å². The van der Waals surface area contributed by atoms with E-state index >= 15 is 0 Å². The molecule has 1 aromatic heterocycles. The predicted octanol–water partition coefficient (Wildman–Crippen LogP) is 2.44. The molecule has 0 radical (unpaired) electrons. The number of carbonyl (C=O) groups excluding carboxylic acids is 1. The van der Waals surface area contributed by atoms with Gasteiger partial charge in [0.15, 0.2) is 5.69 Å². The molecule has 1 saturated heterocycles. The fourth-order valence-corrected chi connectivity index (χ4v) is 2.80. The van der Waals surface area contributed by atoms with Gasteiger partial charge in [0, 0.05) is 30.5 Å². The van der Waals surface area contributed by atoms with Gasteiger partial charge in [-0.1, -0.05) is 25.4 Å². The first kappa shape index (κ1) is 13.6. The number of carbonyl (C=O) groups is 1. The zero-order valence-corrected chi connectivity index (χ0v) is 12.1. The highest BCUT2D eigenvalue weighted by Gasteiger charge is 2.23. The third kappa shape index (κ3) is 2.95. The molecule has 0 spiro atoms. The number of nitrogens with zero attached hydrogens (tertiary/aromatic N) is 3. The van der Waals surface area contributed by atoms with Crippen molar-refractivity contribution in [1.82, 2.24) is 14.9 Å². The maximum atomic E-state index is 12.3. The van der Waals surface area contributed by atoms with E-state index in [0.717, 1.165) is 24.6 Å². The third-order valence-electron chi connectivity index (χ3n) is 2.78. The molecule has 2 rings (SSSR count). The van der Waals surface area contributed by atoms with Crippen LogP contribution in [0.15, 0.2) is 6.20 Å². The molecule has 0 unspecified atom stereocenters. The van der Waals surface area contributed by atoms with Crippen LogP contribution in [-0.4, -0.2) is 45.4 Å². The van der Waals surface area contributed by atoms with E-state index < -0.39 is 0 Å². The average Bonchev–Trinajstić information content (AvgIpc) is 2.39. The van der Waals surface area contributed by atoms with Gasteiger partial charge in [-0.15, -0.1) is 0 Å². The van der Waals surface area contributed by atoms with Gasteiger partial charge in [0.25, 0.3) is 5.91 Å². The Morgan fingerprint density at radius 1 is 1.44 bits per heavy atom. The summed E-state index contributed by atoms with van der Waals surface area (Å²) in [7, 11) is 0. The van der Waals surface area contributed by atoms with Gasteiger partial charge in [0.2, 0.25) is 0 Å². The van der Waals surface area contributed by atoms with Gasteiger partial charge in [0.05, 0.1) is 11.2 Å². The molecule has 1 amide bonds. The Balaban J connectivity index is 2.25. The summed E-state index contributed by atoms with van der Waals surface area (Å²) >= 11 is 7.90. The highest BCUT2D eigenvalue weighted by Crippen LogP contribution is 2.19. The first-order chi connectivity index (χ1) is 8.59. The standard InChI is InChI=1S/C12H16ClN3OS/c1-8(2)11-14-7-9(13)10(15-11)12(17)16-3-5-18-6-4-16/h7-8H,3-6H2,1-2H3. The van der Waals surface area contributed by atoms with Gasteiger partial charge in [-0.2, -0.15) is 11.8 Å². The van der Waals surface area contributed by atoms with Crippen LogP contribution in [0, 0.1) is 0 Å². The lowest BCUT2D eigenvalue weighted by Crippen LogP contribution is -2.38. The predicted molar refractivity (Wildman–Crippen MR) is 74.4 cm³/mol. The van der Waals surface area contributed by atoms with E-state index in [-0.39, 0.29) is 11.8 Å². The molecular weight excluding hydrogens is 270 g/mol. The lowest BCUT2D eigenvalue weighted by Gasteiger charge is -2.26. The molecule has 0 atom stereocenters. The topological polar surface area (TPSA) is 46.1 Å². The molecule has 0 saturated carbocycles. The number of aromatic nitrogens is 2. The maximum Gasteiger partial charge on any atom is 0.274 e. The van der Waals surface area contributed by atoms with Crippen LogP contribution in [0.1, 0.15) is 36.1 Å². The van der Waals surface area contributed by atoms with Gasteiger partial charge in [-0.3, -0.25) is 4.79 Å². The van der Waals surface area contributed by atoms with Crippen LogP contribution in [0.3, 0.4) is 0 Å². The van der Waals surface area contributed by atoms with Crippen LogP contribution in [0.25, 0.3) is 0 Å². The summed E-state index contributed by atoms with van der Waals surface area (Å²) in [5.41, 5.74) is 0.335. The SMILES string of the molecule is CC(C)c1ncc(Cl)c(C(=O)N2CCSCC2)n1. The first-order valence-electron chi connectivity index (χ1n) is 5.99. The highest BCUT2D eigenvalue weighted by atomic mass is 35.5. The Bertz CT molecular complexity index is 447. The zero-order chi connectivity index (χ0) is 13.1. The Hall–Kier alpha value is -0.810. The molecule has 1 aliphatic heterocycles. The second-order valence-corrected chi connectivity index (χ2v) is 6.12. The van der Waals surface area contributed by atoms with Crippen molar-refractivity contribution in [2.45, 2.75) is 19.8 Å². The summed E-state index contributed by atoms with van der Waals surface area (Å²) in [5, 5.41) is 0.336. The Morgan fingerprint density at radius 2 is 2.11 bits per heavy atom. The maximum absolute atomic E-state index is 12.3. The van der Waals surface area contributed by atoms with Crippen LogP contribution >= 0.6 is 23.4 Å². The van der Waals surface area contributed by atoms with Crippen LogP contribution in [0.2, 0.25) is 5.02 Å². The smallest absolute Gasteiger partial charge is 0.274 e. The molecule has 4 nitrogen and oxygen atoms in total. The van der Waals surface area contributed by atoms with Crippen molar-refractivity contribution in [2.75, 3.05) is 24.6 Å². The fraction of sp³-hybridized carbons (Fsp3) is 0.583. The van der Waals surface area contributed by atoms with Crippen molar-refractivity contribution in [3.63, 3.8) is 0 Å². The molecule has 1 aliphatic rings. The summed E-state index contributed by atoms with van der Waals surface area (Å²) in [6, 6.07) is 0. The lowest BCUT2D eigenvalue weighted by atomic mass is 10.2. The molecule has 0 aliphatic carbocycles. The van der Waals surface area contributed by atoms with Crippen molar-refractivity contribution in [3.05, 3.63) is 22.7 Å². The van der Waals surface area contributed by atoms with Gasteiger partial charge < -0.3 is 4.90 Å². The van der Waals surface area contributed by atoms with Crippen molar-refractivity contribution in [2.24, 2.45) is 0 Å². The van der Waals surface area contributed by atoms with Gasteiger partial charge in [-0.25, -0.2) is 9.97 Å². The van der Waals surface area contributed by atoms with Gasteiger partial charge >= 0.3 is 0 Å². The van der Waals surface area contributed by atoms with Crippen molar-refractivity contribution in [3.8, 4) is 0 Å². The number of halogens is 1. The summed E-state index contributed by atoms with van der Waals surface area (Å²) in [6.07, 6.45) is 1.52. The Labute approximate surface area is 116 Å². The van der Waals surface area contributed by atoms with E-state index in [1.54, 1.807) is 0 Å². The minimum absolute atomic E-state index is 0.0791. The monoisotopic (exact) mass is 285 g/mol. The second-order valence-electron chi connectivity index (χ2n) is 4.48. The molecule has 0 bridgehead atoms. The minimum atomic E-state index is -0.0791. The molecule has 1 fully saturated rings. The Kier molecular flexibility index (Phi) is 4.45. The summed E-state index contributed by atoms with van der Waals surface area (Å²) < 4.78 is 0. The molecule has 98 valence electrons. The third-order valence-corrected chi connectivity index (χ3v) is 4.00. The number of thioether (sulfide) groups is 1. The largest absolute Gasteiger partial charge is 0.336 e. The minimum Gasteiger partial charge on any atom is -0.336 e. The summed E-state index contributed by atoms with van der Waals surface area (Å²) in [5.74, 6) is 2.72. The average molecular weight is 286 g/mol. The van der Waals surface area contributed by atoms with E-state index in [9.17, 15) is 4.79 Å². The molecule has 2 heterocycles. The van der Waals surface area contributed by atoms with Gasteiger partial charge in [-0.05, 0) is 0 Å². The van der Waals surface area contributed by atoms with E-state index in [0.29, 0.717) is 16.5 Å². The molecule has 0 aromatic carbocycles. The Morgan fingerprint density at radius 3 is 2.72 bits per heavy atom. The summed E-state index contributed by atoms with van der Waals surface area (Å²) in [4.78, 5) is 22.6. The van der Waals surface area contributed by atoms with Crippen LogP contribution in [0.5, 0.6) is 0 Å². The molecule has 0 N–H and O–H groups in total. The second kappa shape index (κ2) is 5.89. The number of hydrogen-bond donors (Lipinski definition) is 0. The van der Waals surface area contributed by atoms with E-state index in [1.165, 1.54) is 6.20 Å². The lowest BCUT2D eigenvalue weighted by molar-refractivity contribution is 0.0766. The first-order valence-corrected chi connectivity index (χ1v) is 7.52. The van der Waals surface area contributed by atoms with Gasteiger partial charge in [0.1, 0.15) is 5.82 Å². The molecule has 18 heavy (non-hydrogen) atoms. The van der Waals surface area contributed by atoms with Crippen LogP contribution in [-0.2, 0) is 0 Å². The summed E-state index contributed by atoms with van der Waals surface area (Å²) in [6.45, 7) is 5.52. The molecule has 1 aromatic rings. The van der Waals surface area contributed by atoms with E-state index in [4.69, 9.17) is 11.6 Å². The number of amides is 1. The van der Waals surface area contributed by atoms with Crippen LogP contribution in [0.4, 0.5) is 0 Å². The number of hydrogen-bond acceptors (Lipinski definition) is 4. The number of rotatable bonds is 2.